The molecule has 1 amide bonds. The summed E-state index contributed by atoms with van der Waals surface area (Å²) in [6.45, 7) is 4.60. The van der Waals surface area contributed by atoms with Gasteiger partial charge in [0.1, 0.15) is 6.54 Å². The number of hydrogen-bond donors (Lipinski definition) is 2. The number of rotatable bonds is 8. The van der Waals surface area contributed by atoms with E-state index in [9.17, 15) is 18.0 Å². The van der Waals surface area contributed by atoms with Gasteiger partial charge < -0.3 is 15.5 Å². The molecule has 0 spiro atoms. The fourth-order valence-electron chi connectivity index (χ4n) is 3.11. The minimum atomic E-state index is -4.41. The maximum absolute atomic E-state index is 12.4. The maximum Gasteiger partial charge on any atom is 0.406 e. The van der Waals surface area contributed by atoms with Crippen LogP contribution in [0.25, 0.3) is 0 Å². The third-order valence-electron chi connectivity index (χ3n) is 4.64. The highest BCUT2D eigenvalue weighted by Gasteiger charge is 2.31. The number of hydrogen-bond acceptors (Lipinski definition) is 3. The summed E-state index contributed by atoms with van der Waals surface area (Å²) >= 11 is 0. The molecular formula is C20H31F3IN5O. The van der Waals surface area contributed by atoms with Gasteiger partial charge in [0.25, 0.3) is 0 Å². The van der Waals surface area contributed by atoms with Crippen LogP contribution in [-0.2, 0) is 17.9 Å². The van der Waals surface area contributed by atoms with Crippen LogP contribution in [0.1, 0.15) is 30.9 Å². The van der Waals surface area contributed by atoms with Crippen LogP contribution >= 0.6 is 24.0 Å². The van der Waals surface area contributed by atoms with Crippen molar-refractivity contribution in [2.45, 2.75) is 39.0 Å². The molecule has 1 heterocycles. The third kappa shape index (κ3) is 9.96. The summed E-state index contributed by atoms with van der Waals surface area (Å²) in [5.41, 5.74) is 2.29. The molecule has 170 valence electrons. The van der Waals surface area contributed by atoms with E-state index >= 15 is 0 Å². The zero-order valence-corrected chi connectivity index (χ0v) is 19.8. The lowest BCUT2D eigenvalue weighted by molar-refractivity contribution is -0.157. The van der Waals surface area contributed by atoms with Crippen LogP contribution in [0.15, 0.2) is 29.3 Å². The van der Waals surface area contributed by atoms with Crippen LogP contribution in [0.3, 0.4) is 0 Å². The molecule has 1 saturated heterocycles. The first kappa shape index (κ1) is 26.5. The van der Waals surface area contributed by atoms with Crippen molar-refractivity contribution in [3.8, 4) is 0 Å². The lowest BCUT2D eigenvalue weighted by atomic mass is 10.1. The second kappa shape index (κ2) is 13.0. The Morgan fingerprint density at radius 3 is 2.30 bits per heavy atom. The number of alkyl halides is 3. The number of amides is 1. The van der Waals surface area contributed by atoms with Crippen molar-refractivity contribution < 1.29 is 18.0 Å². The summed E-state index contributed by atoms with van der Waals surface area (Å²) in [6, 6.07) is 8.25. The number of guanidine groups is 1. The quantitative estimate of drug-likeness (QED) is 0.302. The van der Waals surface area contributed by atoms with E-state index in [4.69, 9.17) is 0 Å². The van der Waals surface area contributed by atoms with Crippen LogP contribution in [-0.4, -0.2) is 67.6 Å². The van der Waals surface area contributed by atoms with E-state index in [0.29, 0.717) is 23.9 Å². The summed E-state index contributed by atoms with van der Waals surface area (Å²) in [5.74, 6) is -0.262. The average molecular weight is 541 g/mol. The molecule has 0 bridgehead atoms. The largest absolute Gasteiger partial charge is 0.406 e. The van der Waals surface area contributed by atoms with E-state index in [1.54, 1.807) is 0 Å². The van der Waals surface area contributed by atoms with Crippen molar-refractivity contribution in [3.05, 3.63) is 35.4 Å². The predicted octanol–water partition coefficient (Wildman–Crippen LogP) is 2.98. The number of aliphatic imine (C=N–C) groups is 1. The van der Waals surface area contributed by atoms with Crippen LogP contribution in [0.4, 0.5) is 13.2 Å². The first-order chi connectivity index (χ1) is 13.8. The molecule has 1 aliphatic heterocycles. The fraction of sp³-hybridized carbons (Fsp3) is 0.600. The average Bonchev–Trinajstić information content (AvgIpc) is 3.16. The van der Waals surface area contributed by atoms with Gasteiger partial charge in [-0.1, -0.05) is 24.3 Å². The van der Waals surface area contributed by atoms with Crippen LogP contribution < -0.4 is 10.6 Å². The molecule has 0 aromatic heterocycles. The number of nitrogens with one attached hydrogen (secondary N) is 2. The molecule has 1 fully saturated rings. The number of carbonyl (C=O) groups excluding carboxylic acids is 1. The Morgan fingerprint density at radius 1 is 1.13 bits per heavy atom. The Hall–Kier alpha value is -1.56. The van der Waals surface area contributed by atoms with Gasteiger partial charge in [-0.05, 0) is 44.0 Å². The van der Waals surface area contributed by atoms with Gasteiger partial charge in [-0.2, -0.15) is 13.2 Å². The number of carbonyl (C=O) groups is 1. The zero-order chi connectivity index (χ0) is 21.3. The summed E-state index contributed by atoms with van der Waals surface area (Å²) in [7, 11) is 1.13. The van der Waals surface area contributed by atoms with Gasteiger partial charge in [-0.15, -0.1) is 24.0 Å². The number of nitrogens with zero attached hydrogens (tertiary/aromatic N) is 3. The summed E-state index contributed by atoms with van der Waals surface area (Å²) in [5, 5.41) is 5.78. The van der Waals surface area contributed by atoms with E-state index in [2.05, 4.69) is 32.7 Å². The van der Waals surface area contributed by atoms with Gasteiger partial charge >= 0.3 is 6.18 Å². The number of benzene rings is 1. The Labute approximate surface area is 193 Å². The minimum absolute atomic E-state index is 0. The normalized spacial score (nSPS) is 14.9. The van der Waals surface area contributed by atoms with E-state index in [0.717, 1.165) is 32.2 Å². The highest BCUT2D eigenvalue weighted by Crippen LogP contribution is 2.15. The Balaban J connectivity index is 0.00000450. The second-order valence-electron chi connectivity index (χ2n) is 7.21. The van der Waals surface area contributed by atoms with Crippen molar-refractivity contribution in [1.82, 2.24) is 20.4 Å². The molecule has 1 aromatic rings. The van der Waals surface area contributed by atoms with Crippen LogP contribution in [0.2, 0.25) is 0 Å². The van der Waals surface area contributed by atoms with Crippen LogP contribution in [0.5, 0.6) is 0 Å². The summed E-state index contributed by atoms with van der Waals surface area (Å²) in [6.07, 6.45) is -1.88. The summed E-state index contributed by atoms with van der Waals surface area (Å²) in [4.78, 5) is 19.4. The van der Waals surface area contributed by atoms with Crippen molar-refractivity contribution >= 4 is 35.8 Å². The number of likely N-dealkylation sites (tertiary alicyclic amines) is 1. The lowest BCUT2D eigenvalue weighted by Gasteiger charge is -2.20. The molecule has 0 aliphatic carbocycles. The fourth-order valence-corrected chi connectivity index (χ4v) is 3.11. The SMILES string of the molecule is CCNC(=NCc1ccc(CN2CCCC2)cc1)NCC(=O)N(C)CC(F)(F)F.I. The number of likely N-dealkylation sites (N-methyl/N-ethyl adjacent to an activating group) is 1. The lowest BCUT2D eigenvalue weighted by Crippen LogP contribution is -2.45. The predicted molar refractivity (Wildman–Crippen MR) is 123 cm³/mol. The van der Waals surface area contributed by atoms with Gasteiger partial charge in [-0.3, -0.25) is 9.69 Å². The van der Waals surface area contributed by atoms with E-state index in [1.807, 2.05) is 19.1 Å². The molecule has 2 rings (SSSR count). The molecule has 0 radical (unpaired) electrons. The Bertz CT molecular complexity index is 676. The highest BCUT2D eigenvalue weighted by atomic mass is 127. The van der Waals surface area contributed by atoms with Crippen molar-refractivity contribution in [2.75, 3.05) is 39.8 Å². The molecule has 10 heteroatoms. The third-order valence-corrected chi connectivity index (χ3v) is 4.64. The van der Waals surface area contributed by atoms with Crippen molar-refractivity contribution in [2.24, 2.45) is 4.99 Å². The van der Waals surface area contributed by atoms with E-state index in [1.165, 1.54) is 18.4 Å². The molecule has 6 nitrogen and oxygen atoms in total. The standard InChI is InChI=1S/C20H30F3N5O.HI/c1-3-24-19(26-13-18(29)27(2)15-20(21,22)23)25-12-16-6-8-17(9-7-16)14-28-10-4-5-11-28;/h6-9H,3-5,10-15H2,1-2H3,(H2,24,25,26);1H. The van der Waals surface area contributed by atoms with E-state index < -0.39 is 18.6 Å². The molecule has 1 aromatic carbocycles. The Morgan fingerprint density at radius 2 is 1.73 bits per heavy atom. The molecule has 0 atom stereocenters. The molecule has 2 N–H and O–H groups in total. The number of halogens is 4. The van der Waals surface area contributed by atoms with Crippen LogP contribution in [0, 0.1) is 0 Å². The first-order valence-electron chi connectivity index (χ1n) is 9.90. The second-order valence-corrected chi connectivity index (χ2v) is 7.21. The minimum Gasteiger partial charge on any atom is -0.357 e. The van der Waals surface area contributed by atoms with Crippen molar-refractivity contribution in [3.63, 3.8) is 0 Å². The zero-order valence-electron chi connectivity index (χ0n) is 17.5. The van der Waals surface area contributed by atoms with E-state index in [-0.39, 0.29) is 30.5 Å². The van der Waals surface area contributed by atoms with Gasteiger partial charge in [-0.25, -0.2) is 4.99 Å². The molecule has 1 aliphatic rings. The molecule has 0 saturated carbocycles. The van der Waals surface area contributed by atoms with Gasteiger partial charge in [0.05, 0.1) is 13.1 Å². The van der Waals surface area contributed by atoms with Crippen molar-refractivity contribution in [1.29, 1.82) is 0 Å². The molecule has 0 unspecified atom stereocenters. The Kier molecular flexibility index (Phi) is 11.5. The monoisotopic (exact) mass is 541 g/mol. The first-order valence-corrected chi connectivity index (χ1v) is 9.90. The van der Waals surface area contributed by atoms with Gasteiger partial charge in [0.2, 0.25) is 5.91 Å². The summed E-state index contributed by atoms with van der Waals surface area (Å²) < 4.78 is 37.1. The highest BCUT2D eigenvalue weighted by molar-refractivity contribution is 14.0. The molecule has 30 heavy (non-hydrogen) atoms. The smallest absolute Gasteiger partial charge is 0.357 e. The van der Waals surface area contributed by atoms with Gasteiger partial charge in [0.15, 0.2) is 5.96 Å². The topological polar surface area (TPSA) is 60.0 Å². The van der Waals surface area contributed by atoms with Gasteiger partial charge in [0, 0.05) is 20.1 Å². The maximum atomic E-state index is 12.4. The molecular weight excluding hydrogens is 510 g/mol.